The molecule has 3 heteroatoms. The Bertz CT molecular complexity index is 217. The van der Waals surface area contributed by atoms with Crippen molar-refractivity contribution in [2.75, 3.05) is 5.75 Å². The van der Waals surface area contributed by atoms with Crippen LogP contribution in [-0.4, -0.2) is 28.3 Å². The van der Waals surface area contributed by atoms with E-state index in [2.05, 4.69) is 13.8 Å². The number of aliphatic hydroxyl groups excluding tert-OH is 1. The van der Waals surface area contributed by atoms with E-state index in [1.165, 1.54) is 38.5 Å². The minimum Gasteiger partial charge on any atom is -0.393 e. The van der Waals surface area contributed by atoms with Gasteiger partial charge in [-0.3, -0.25) is 0 Å². The van der Waals surface area contributed by atoms with E-state index in [9.17, 15) is 5.11 Å². The molecular formula is C16H33NOS. The highest BCUT2D eigenvalue weighted by molar-refractivity contribution is 7.99. The maximum atomic E-state index is 9.95. The highest BCUT2D eigenvalue weighted by atomic mass is 32.2. The van der Waals surface area contributed by atoms with Gasteiger partial charge in [0, 0.05) is 6.04 Å². The van der Waals surface area contributed by atoms with Crippen LogP contribution in [0.15, 0.2) is 0 Å². The molecule has 19 heavy (non-hydrogen) atoms. The summed E-state index contributed by atoms with van der Waals surface area (Å²) in [6.07, 6.45) is 10.8. The first-order chi connectivity index (χ1) is 9.08. The number of hydrogen-bond donors (Lipinski definition) is 2. The van der Waals surface area contributed by atoms with E-state index in [-0.39, 0.29) is 6.10 Å². The van der Waals surface area contributed by atoms with Gasteiger partial charge >= 0.3 is 0 Å². The smallest absolute Gasteiger partial charge is 0.0548 e. The van der Waals surface area contributed by atoms with Crippen LogP contribution in [0, 0.1) is 5.92 Å². The van der Waals surface area contributed by atoms with Crippen molar-refractivity contribution in [2.24, 2.45) is 11.7 Å². The van der Waals surface area contributed by atoms with Crippen molar-refractivity contribution in [1.82, 2.24) is 0 Å². The molecular weight excluding hydrogens is 254 g/mol. The van der Waals surface area contributed by atoms with Gasteiger partial charge in [0.25, 0.3) is 0 Å². The molecule has 0 saturated heterocycles. The molecule has 0 bridgehead atoms. The van der Waals surface area contributed by atoms with Crippen molar-refractivity contribution in [3.8, 4) is 0 Å². The Morgan fingerprint density at radius 2 is 1.79 bits per heavy atom. The molecule has 0 aliphatic heterocycles. The van der Waals surface area contributed by atoms with Gasteiger partial charge in [0.1, 0.15) is 0 Å². The van der Waals surface area contributed by atoms with Crippen LogP contribution in [0.5, 0.6) is 0 Å². The third-order valence-electron chi connectivity index (χ3n) is 4.13. The molecule has 2 nitrogen and oxygen atoms in total. The van der Waals surface area contributed by atoms with Gasteiger partial charge in [0.05, 0.1) is 6.10 Å². The Morgan fingerprint density at radius 1 is 1.11 bits per heavy atom. The predicted molar refractivity (Wildman–Crippen MR) is 86.6 cm³/mol. The molecule has 0 aromatic heterocycles. The lowest BCUT2D eigenvalue weighted by molar-refractivity contribution is 0.153. The highest BCUT2D eigenvalue weighted by Crippen LogP contribution is 2.27. The van der Waals surface area contributed by atoms with Crippen LogP contribution >= 0.6 is 11.8 Å². The lowest BCUT2D eigenvalue weighted by Crippen LogP contribution is -2.26. The molecule has 0 aromatic carbocycles. The number of rotatable bonds is 9. The number of hydrogen-bond acceptors (Lipinski definition) is 3. The molecule has 0 unspecified atom stereocenters. The van der Waals surface area contributed by atoms with E-state index < -0.39 is 0 Å². The Hall–Kier alpha value is 0.270. The fraction of sp³-hybridized carbons (Fsp3) is 1.00. The zero-order chi connectivity index (χ0) is 14.1. The molecule has 0 spiro atoms. The van der Waals surface area contributed by atoms with Crippen LogP contribution < -0.4 is 5.73 Å². The summed E-state index contributed by atoms with van der Waals surface area (Å²) in [5, 5.41) is 10.6. The van der Waals surface area contributed by atoms with Crippen molar-refractivity contribution in [1.29, 1.82) is 0 Å². The van der Waals surface area contributed by atoms with Crippen LogP contribution in [0.1, 0.15) is 71.6 Å². The van der Waals surface area contributed by atoms with E-state index >= 15 is 0 Å². The van der Waals surface area contributed by atoms with Crippen LogP contribution in [0.25, 0.3) is 0 Å². The standard InChI is InChI=1S/C16H33NOS/c1-13(2)19-11-10-16(18)9-8-15(17)12-14-6-4-3-5-7-14/h13-16,18H,3-12,17H2,1-2H3/t15-,16+/m1/s1. The third-order valence-corrected chi connectivity index (χ3v) is 5.27. The third kappa shape index (κ3) is 8.93. The molecule has 2 atom stereocenters. The minimum absolute atomic E-state index is 0.149. The van der Waals surface area contributed by atoms with E-state index in [4.69, 9.17) is 5.73 Å². The van der Waals surface area contributed by atoms with Crippen LogP contribution in [0.3, 0.4) is 0 Å². The quantitative estimate of drug-likeness (QED) is 0.675. The second-order valence-corrected chi connectivity index (χ2v) is 8.12. The van der Waals surface area contributed by atoms with Gasteiger partial charge in [0.2, 0.25) is 0 Å². The van der Waals surface area contributed by atoms with Crippen molar-refractivity contribution in [2.45, 2.75) is 89.0 Å². The van der Waals surface area contributed by atoms with Crippen LogP contribution in [0.2, 0.25) is 0 Å². The van der Waals surface area contributed by atoms with E-state index in [1.54, 1.807) is 0 Å². The maximum absolute atomic E-state index is 9.95. The van der Waals surface area contributed by atoms with Gasteiger partial charge in [-0.2, -0.15) is 11.8 Å². The first-order valence-electron chi connectivity index (χ1n) is 8.13. The van der Waals surface area contributed by atoms with Crippen LogP contribution in [0.4, 0.5) is 0 Å². The van der Waals surface area contributed by atoms with E-state index in [0.29, 0.717) is 11.3 Å². The first kappa shape index (κ1) is 17.3. The van der Waals surface area contributed by atoms with Crippen LogP contribution in [-0.2, 0) is 0 Å². The predicted octanol–water partition coefficient (Wildman–Crippen LogP) is 3.96. The van der Waals surface area contributed by atoms with E-state index in [1.807, 2.05) is 11.8 Å². The Morgan fingerprint density at radius 3 is 2.42 bits per heavy atom. The van der Waals surface area contributed by atoms with Gasteiger partial charge < -0.3 is 10.8 Å². The monoisotopic (exact) mass is 287 g/mol. The number of aliphatic hydroxyl groups is 1. The Labute approximate surface area is 123 Å². The molecule has 1 rings (SSSR count). The van der Waals surface area contributed by atoms with Gasteiger partial charge in [0.15, 0.2) is 0 Å². The molecule has 0 radical (unpaired) electrons. The summed E-state index contributed by atoms with van der Waals surface area (Å²) in [4.78, 5) is 0. The molecule has 1 aliphatic carbocycles. The lowest BCUT2D eigenvalue weighted by atomic mass is 9.84. The largest absolute Gasteiger partial charge is 0.393 e. The highest BCUT2D eigenvalue weighted by Gasteiger charge is 2.17. The summed E-state index contributed by atoms with van der Waals surface area (Å²) in [6.45, 7) is 4.41. The first-order valence-corrected chi connectivity index (χ1v) is 9.18. The average Bonchev–Trinajstić information content (AvgIpc) is 2.37. The van der Waals surface area contributed by atoms with Gasteiger partial charge in [-0.1, -0.05) is 46.0 Å². The summed E-state index contributed by atoms with van der Waals surface area (Å²) in [5.74, 6) is 1.92. The topological polar surface area (TPSA) is 46.2 Å². The summed E-state index contributed by atoms with van der Waals surface area (Å²) in [6, 6.07) is 0.301. The zero-order valence-corrected chi connectivity index (χ0v) is 13.6. The molecule has 114 valence electrons. The molecule has 1 fully saturated rings. The van der Waals surface area contributed by atoms with Crippen molar-refractivity contribution >= 4 is 11.8 Å². The Kier molecular flexibility index (Phi) is 9.17. The number of thioether (sulfide) groups is 1. The summed E-state index contributed by atoms with van der Waals surface area (Å²) in [5.41, 5.74) is 6.21. The normalized spacial score (nSPS) is 20.7. The summed E-state index contributed by atoms with van der Waals surface area (Å²) in [7, 11) is 0. The lowest BCUT2D eigenvalue weighted by Gasteiger charge is -2.25. The molecule has 0 heterocycles. The molecule has 0 amide bonds. The SMILES string of the molecule is CC(C)SCC[C@@H](O)CC[C@@H](N)CC1CCCCC1. The molecule has 1 saturated carbocycles. The second kappa shape index (κ2) is 10.1. The Balaban J connectivity index is 2.03. The fourth-order valence-electron chi connectivity index (χ4n) is 2.96. The molecule has 1 aliphatic rings. The van der Waals surface area contributed by atoms with Gasteiger partial charge in [-0.25, -0.2) is 0 Å². The van der Waals surface area contributed by atoms with Crippen molar-refractivity contribution in [3.63, 3.8) is 0 Å². The average molecular weight is 288 g/mol. The van der Waals surface area contributed by atoms with Gasteiger partial charge in [-0.15, -0.1) is 0 Å². The summed E-state index contributed by atoms with van der Waals surface area (Å²) < 4.78 is 0. The minimum atomic E-state index is -0.149. The maximum Gasteiger partial charge on any atom is 0.0548 e. The van der Waals surface area contributed by atoms with E-state index in [0.717, 1.165) is 30.9 Å². The zero-order valence-electron chi connectivity index (χ0n) is 12.8. The fourth-order valence-corrected chi connectivity index (χ4v) is 3.84. The molecule has 3 N–H and O–H groups in total. The van der Waals surface area contributed by atoms with Gasteiger partial charge in [-0.05, 0) is 42.6 Å². The van der Waals surface area contributed by atoms with Crippen molar-refractivity contribution < 1.29 is 5.11 Å². The molecule has 0 aromatic rings. The number of nitrogens with two attached hydrogens (primary N) is 1. The summed E-state index contributed by atoms with van der Waals surface area (Å²) >= 11 is 1.93. The second-order valence-electron chi connectivity index (χ2n) is 6.44. The van der Waals surface area contributed by atoms with Crippen molar-refractivity contribution in [3.05, 3.63) is 0 Å².